The Bertz CT molecular complexity index is 366. The van der Waals surface area contributed by atoms with E-state index in [2.05, 4.69) is 10.3 Å². The number of pyridine rings is 1. The highest BCUT2D eigenvalue weighted by Crippen LogP contribution is 2.61. The Labute approximate surface area is 96.2 Å². The van der Waals surface area contributed by atoms with Crippen LogP contribution in [0.1, 0.15) is 25.7 Å². The van der Waals surface area contributed by atoms with Gasteiger partial charge in [-0.05, 0) is 49.1 Å². The van der Waals surface area contributed by atoms with Gasteiger partial charge in [0.15, 0.2) is 0 Å². The fourth-order valence-electron chi connectivity index (χ4n) is 2.46. The molecule has 2 saturated carbocycles. The molecule has 1 heterocycles. The molecule has 3 nitrogen and oxygen atoms in total. The Morgan fingerprint density at radius 1 is 1.44 bits per heavy atom. The lowest BCUT2D eigenvalue weighted by Gasteiger charge is -2.15. The third kappa shape index (κ3) is 1.86. The van der Waals surface area contributed by atoms with Crippen LogP contribution >= 0.6 is 0 Å². The third-order valence-electron chi connectivity index (χ3n) is 3.93. The lowest BCUT2D eigenvalue weighted by Crippen LogP contribution is -2.17. The van der Waals surface area contributed by atoms with E-state index in [1.807, 2.05) is 12.1 Å². The summed E-state index contributed by atoms with van der Waals surface area (Å²) in [6.45, 7) is 1.09. The van der Waals surface area contributed by atoms with Crippen molar-refractivity contribution in [3.8, 4) is 5.75 Å². The number of rotatable bonds is 5. The summed E-state index contributed by atoms with van der Waals surface area (Å²) in [6, 6.07) is 3.94. The summed E-state index contributed by atoms with van der Waals surface area (Å²) in [7, 11) is 1.66. The predicted octanol–water partition coefficient (Wildman–Crippen LogP) is 2.69. The monoisotopic (exact) mass is 218 g/mol. The standard InChI is InChI=1S/C13H18N2O/c1-16-11-4-5-12(14-8-11)15-9-13(6-7-13)10-2-3-10/h4-5,8,10H,2-3,6-7,9H2,1H3,(H,14,15). The summed E-state index contributed by atoms with van der Waals surface area (Å²) < 4.78 is 5.08. The zero-order valence-electron chi connectivity index (χ0n) is 9.70. The van der Waals surface area contributed by atoms with Gasteiger partial charge in [-0.3, -0.25) is 0 Å². The number of nitrogens with one attached hydrogen (secondary N) is 1. The molecule has 2 fully saturated rings. The zero-order valence-corrected chi connectivity index (χ0v) is 9.70. The maximum atomic E-state index is 5.08. The smallest absolute Gasteiger partial charge is 0.137 e. The number of hydrogen-bond acceptors (Lipinski definition) is 3. The molecular weight excluding hydrogens is 200 g/mol. The predicted molar refractivity (Wildman–Crippen MR) is 63.7 cm³/mol. The number of anilines is 1. The van der Waals surface area contributed by atoms with Gasteiger partial charge in [0.25, 0.3) is 0 Å². The first kappa shape index (κ1) is 9.94. The molecule has 0 atom stereocenters. The molecule has 0 aliphatic heterocycles. The van der Waals surface area contributed by atoms with Crippen molar-refractivity contribution in [2.75, 3.05) is 19.0 Å². The van der Waals surface area contributed by atoms with Crippen molar-refractivity contribution in [3.63, 3.8) is 0 Å². The molecule has 0 spiro atoms. The normalized spacial score (nSPS) is 21.6. The van der Waals surface area contributed by atoms with E-state index in [1.54, 1.807) is 13.3 Å². The Kier molecular flexibility index (Phi) is 2.27. The van der Waals surface area contributed by atoms with Crippen LogP contribution in [0.15, 0.2) is 18.3 Å². The molecule has 16 heavy (non-hydrogen) atoms. The van der Waals surface area contributed by atoms with Crippen molar-refractivity contribution in [2.24, 2.45) is 11.3 Å². The van der Waals surface area contributed by atoms with E-state index < -0.39 is 0 Å². The van der Waals surface area contributed by atoms with Gasteiger partial charge < -0.3 is 10.1 Å². The number of hydrogen-bond donors (Lipinski definition) is 1. The maximum Gasteiger partial charge on any atom is 0.137 e. The van der Waals surface area contributed by atoms with Crippen LogP contribution in [0.5, 0.6) is 5.75 Å². The van der Waals surface area contributed by atoms with Crippen molar-refractivity contribution >= 4 is 5.82 Å². The molecule has 1 N–H and O–H groups in total. The third-order valence-corrected chi connectivity index (χ3v) is 3.93. The largest absolute Gasteiger partial charge is 0.495 e. The summed E-state index contributed by atoms with van der Waals surface area (Å²) in [6.07, 6.45) is 7.45. The lowest BCUT2D eigenvalue weighted by molar-refractivity contribution is 0.413. The van der Waals surface area contributed by atoms with Crippen LogP contribution in [0.4, 0.5) is 5.82 Å². The summed E-state index contributed by atoms with van der Waals surface area (Å²) >= 11 is 0. The molecule has 0 saturated heterocycles. The molecule has 2 aliphatic carbocycles. The molecule has 0 unspecified atom stereocenters. The van der Waals surface area contributed by atoms with Crippen molar-refractivity contribution in [1.29, 1.82) is 0 Å². The van der Waals surface area contributed by atoms with E-state index in [0.29, 0.717) is 5.41 Å². The van der Waals surface area contributed by atoms with E-state index in [4.69, 9.17) is 4.74 Å². The van der Waals surface area contributed by atoms with Gasteiger partial charge in [-0.25, -0.2) is 4.98 Å². The van der Waals surface area contributed by atoms with E-state index >= 15 is 0 Å². The van der Waals surface area contributed by atoms with E-state index in [0.717, 1.165) is 24.0 Å². The zero-order chi connectivity index (χ0) is 11.0. The second-order valence-electron chi connectivity index (χ2n) is 5.07. The van der Waals surface area contributed by atoms with Gasteiger partial charge >= 0.3 is 0 Å². The minimum absolute atomic E-state index is 0.627. The molecule has 1 aromatic heterocycles. The Morgan fingerprint density at radius 3 is 2.75 bits per heavy atom. The topological polar surface area (TPSA) is 34.1 Å². The lowest BCUT2D eigenvalue weighted by atomic mass is 10.0. The first-order valence-corrected chi connectivity index (χ1v) is 6.06. The Morgan fingerprint density at radius 2 is 2.25 bits per heavy atom. The van der Waals surface area contributed by atoms with Gasteiger partial charge in [-0.2, -0.15) is 0 Å². The van der Waals surface area contributed by atoms with Gasteiger partial charge in [0, 0.05) is 6.54 Å². The highest BCUT2D eigenvalue weighted by molar-refractivity contribution is 5.38. The number of ether oxygens (including phenoxy) is 1. The molecule has 0 aromatic carbocycles. The van der Waals surface area contributed by atoms with Crippen LogP contribution in [-0.4, -0.2) is 18.6 Å². The quantitative estimate of drug-likeness (QED) is 0.825. The van der Waals surface area contributed by atoms with Gasteiger partial charge in [0.05, 0.1) is 13.3 Å². The van der Waals surface area contributed by atoms with Crippen molar-refractivity contribution in [1.82, 2.24) is 4.98 Å². The van der Waals surface area contributed by atoms with Gasteiger partial charge in [0.2, 0.25) is 0 Å². The molecule has 0 bridgehead atoms. The van der Waals surface area contributed by atoms with Gasteiger partial charge in [-0.15, -0.1) is 0 Å². The van der Waals surface area contributed by atoms with Crippen molar-refractivity contribution < 1.29 is 4.74 Å². The summed E-state index contributed by atoms with van der Waals surface area (Å²) in [5.74, 6) is 2.78. The average molecular weight is 218 g/mol. The highest BCUT2D eigenvalue weighted by atomic mass is 16.5. The fourth-order valence-corrected chi connectivity index (χ4v) is 2.46. The van der Waals surface area contributed by atoms with Crippen LogP contribution in [0.3, 0.4) is 0 Å². The van der Waals surface area contributed by atoms with Gasteiger partial charge in [0.1, 0.15) is 11.6 Å². The fraction of sp³-hybridized carbons (Fsp3) is 0.615. The highest BCUT2D eigenvalue weighted by Gasteiger charge is 2.53. The molecule has 0 amide bonds. The SMILES string of the molecule is COc1ccc(NCC2(C3CC3)CC2)nc1. The second kappa shape index (κ2) is 3.65. The number of methoxy groups -OCH3 is 1. The van der Waals surface area contributed by atoms with Crippen LogP contribution in [0, 0.1) is 11.3 Å². The molecule has 0 radical (unpaired) electrons. The molecule has 3 rings (SSSR count). The summed E-state index contributed by atoms with van der Waals surface area (Å²) in [5.41, 5.74) is 0.627. The van der Waals surface area contributed by atoms with Crippen LogP contribution in [0.2, 0.25) is 0 Å². The Hall–Kier alpha value is -1.25. The van der Waals surface area contributed by atoms with Crippen LogP contribution in [-0.2, 0) is 0 Å². The molecule has 2 aliphatic rings. The summed E-state index contributed by atoms with van der Waals surface area (Å²) in [4.78, 5) is 4.32. The Balaban J connectivity index is 1.57. The van der Waals surface area contributed by atoms with Crippen molar-refractivity contribution in [2.45, 2.75) is 25.7 Å². The van der Waals surface area contributed by atoms with E-state index in [9.17, 15) is 0 Å². The average Bonchev–Trinajstić information content (AvgIpc) is 3.17. The number of nitrogens with zero attached hydrogens (tertiary/aromatic N) is 1. The van der Waals surface area contributed by atoms with Gasteiger partial charge in [-0.1, -0.05) is 0 Å². The molecule has 1 aromatic rings. The van der Waals surface area contributed by atoms with Crippen LogP contribution < -0.4 is 10.1 Å². The maximum absolute atomic E-state index is 5.08. The molecule has 3 heteroatoms. The van der Waals surface area contributed by atoms with Crippen LogP contribution in [0.25, 0.3) is 0 Å². The minimum atomic E-state index is 0.627. The second-order valence-corrected chi connectivity index (χ2v) is 5.07. The van der Waals surface area contributed by atoms with E-state index in [-0.39, 0.29) is 0 Å². The summed E-state index contributed by atoms with van der Waals surface area (Å²) in [5, 5.41) is 3.45. The minimum Gasteiger partial charge on any atom is -0.495 e. The van der Waals surface area contributed by atoms with E-state index in [1.165, 1.54) is 25.7 Å². The first-order valence-electron chi connectivity index (χ1n) is 6.06. The van der Waals surface area contributed by atoms with Crippen molar-refractivity contribution in [3.05, 3.63) is 18.3 Å². The molecular formula is C13H18N2O. The molecule has 86 valence electrons. The first-order chi connectivity index (χ1) is 7.82. The number of aromatic nitrogens is 1.